The Balaban J connectivity index is 1.62. The van der Waals surface area contributed by atoms with Crippen LogP contribution in [-0.2, 0) is 19.1 Å². The van der Waals surface area contributed by atoms with Gasteiger partial charge in [0.1, 0.15) is 6.61 Å². The highest BCUT2D eigenvalue weighted by Gasteiger charge is 2.38. The Kier molecular flexibility index (Phi) is 6.41. The molecule has 2 saturated heterocycles. The van der Waals surface area contributed by atoms with Gasteiger partial charge < -0.3 is 19.3 Å². The minimum absolute atomic E-state index is 0.00210. The van der Waals surface area contributed by atoms with Crippen LogP contribution in [0.2, 0.25) is 0 Å². The van der Waals surface area contributed by atoms with Crippen LogP contribution >= 0.6 is 0 Å². The van der Waals surface area contributed by atoms with Crippen LogP contribution in [-0.4, -0.2) is 73.7 Å². The molecule has 1 aromatic carbocycles. The van der Waals surface area contributed by atoms with E-state index in [4.69, 9.17) is 9.47 Å². The zero-order valence-electron chi connectivity index (χ0n) is 15.2. The lowest BCUT2D eigenvalue weighted by atomic mass is 10.0. The number of hydrogen-bond acceptors (Lipinski definition) is 4. The monoisotopic (exact) mass is 358 g/mol. The summed E-state index contributed by atoms with van der Waals surface area (Å²) in [6.07, 6.45) is 4.92. The summed E-state index contributed by atoms with van der Waals surface area (Å²) in [4.78, 5) is 28.5. The maximum absolute atomic E-state index is 12.5. The second-order valence-electron chi connectivity index (χ2n) is 6.64. The van der Waals surface area contributed by atoms with Crippen LogP contribution in [0.1, 0.15) is 18.4 Å². The summed E-state index contributed by atoms with van der Waals surface area (Å²) in [6.45, 7) is 2.47. The van der Waals surface area contributed by atoms with Crippen molar-refractivity contribution in [2.75, 3.05) is 40.0 Å². The molecule has 2 fully saturated rings. The van der Waals surface area contributed by atoms with Crippen LogP contribution in [0.15, 0.2) is 36.4 Å². The molecule has 0 unspecified atom stereocenters. The highest BCUT2D eigenvalue weighted by atomic mass is 16.5. The molecule has 0 aliphatic carbocycles. The fourth-order valence-electron chi connectivity index (χ4n) is 3.60. The molecular weight excluding hydrogens is 332 g/mol. The fraction of sp³-hybridized carbons (Fsp3) is 0.500. The van der Waals surface area contributed by atoms with Gasteiger partial charge in [-0.25, -0.2) is 0 Å². The number of likely N-dealkylation sites (tertiary alicyclic amines) is 1. The third kappa shape index (κ3) is 4.51. The van der Waals surface area contributed by atoms with E-state index in [0.717, 1.165) is 18.4 Å². The summed E-state index contributed by atoms with van der Waals surface area (Å²) in [6, 6.07) is 9.80. The molecule has 140 valence electrons. The maximum atomic E-state index is 12.5. The normalized spacial score (nSPS) is 23.8. The van der Waals surface area contributed by atoms with Gasteiger partial charge >= 0.3 is 0 Å². The fourth-order valence-corrected chi connectivity index (χ4v) is 3.60. The molecule has 2 aliphatic heterocycles. The van der Waals surface area contributed by atoms with Crippen molar-refractivity contribution in [1.29, 1.82) is 0 Å². The lowest BCUT2D eigenvalue weighted by Gasteiger charge is -2.40. The number of hydrogen-bond donors (Lipinski definition) is 0. The highest BCUT2D eigenvalue weighted by Crippen LogP contribution is 2.24. The Morgan fingerprint density at radius 1 is 1.27 bits per heavy atom. The van der Waals surface area contributed by atoms with E-state index in [0.29, 0.717) is 26.2 Å². The zero-order chi connectivity index (χ0) is 18.4. The lowest BCUT2D eigenvalue weighted by Crippen LogP contribution is -2.55. The number of rotatable bonds is 5. The first-order valence-electron chi connectivity index (χ1n) is 9.11. The van der Waals surface area contributed by atoms with E-state index in [1.54, 1.807) is 13.2 Å². The van der Waals surface area contributed by atoms with Crippen molar-refractivity contribution in [2.45, 2.75) is 25.0 Å². The van der Waals surface area contributed by atoms with Crippen molar-refractivity contribution < 1.29 is 19.1 Å². The molecular formula is C20H26N2O4. The third-order valence-electron chi connectivity index (χ3n) is 5.01. The van der Waals surface area contributed by atoms with Crippen molar-refractivity contribution in [3.8, 4) is 0 Å². The van der Waals surface area contributed by atoms with Crippen molar-refractivity contribution in [1.82, 2.24) is 9.80 Å². The first kappa shape index (κ1) is 18.6. The smallest absolute Gasteiger partial charge is 0.249 e. The van der Waals surface area contributed by atoms with Crippen LogP contribution in [0, 0.1) is 0 Å². The van der Waals surface area contributed by atoms with Gasteiger partial charge in [-0.1, -0.05) is 30.3 Å². The molecule has 6 heteroatoms. The quantitative estimate of drug-likeness (QED) is 0.750. The van der Waals surface area contributed by atoms with Crippen molar-refractivity contribution in [2.24, 2.45) is 0 Å². The van der Waals surface area contributed by atoms with Gasteiger partial charge in [0.15, 0.2) is 0 Å². The molecule has 1 aromatic rings. The highest BCUT2D eigenvalue weighted by molar-refractivity contribution is 5.91. The van der Waals surface area contributed by atoms with Gasteiger partial charge in [0.2, 0.25) is 11.8 Å². The summed E-state index contributed by atoms with van der Waals surface area (Å²) >= 11 is 0. The van der Waals surface area contributed by atoms with Crippen LogP contribution in [0.5, 0.6) is 0 Å². The molecule has 2 heterocycles. The minimum atomic E-state index is -0.0135. The number of carbonyl (C=O) groups excluding carboxylic acids is 2. The number of amides is 2. The first-order chi connectivity index (χ1) is 12.7. The molecule has 0 N–H and O–H groups in total. The van der Waals surface area contributed by atoms with Crippen molar-refractivity contribution in [3.05, 3.63) is 42.0 Å². The third-order valence-corrected chi connectivity index (χ3v) is 5.01. The van der Waals surface area contributed by atoms with Gasteiger partial charge in [0, 0.05) is 32.8 Å². The Bertz CT molecular complexity index is 646. The summed E-state index contributed by atoms with van der Waals surface area (Å²) < 4.78 is 10.9. The lowest BCUT2D eigenvalue weighted by molar-refractivity contribution is -0.158. The van der Waals surface area contributed by atoms with E-state index in [1.807, 2.05) is 46.2 Å². The average molecular weight is 358 g/mol. The van der Waals surface area contributed by atoms with Gasteiger partial charge in [-0.05, 0) is 24.5 Å². The van der Waals surface area contributed by atoms with Crippen molar-refractivity contribution >= 4 is 17.9 Å². The molecule has 6 nitrogen and oxygen atoms in total. The Morgan fingerprint density at radius 2 is 2.04 bits per heavy atom. The molecule has 2 aliphatic rings. The van der Waals surface area contributed by atoms with Gasteiger partial charge in [0.05, 0.1) is 18.8 Å². The van der Waals surface area contributed by atoms with Crippen LogP contribution in [0.4, 0.5) is 0 Å². The molecule has 0 radical (unpaired) electrons. The van der Waals surface area contributed by atoms with E-state index in [9.17, 15) is 9.59 Å². The van der Waals surface area contributed by atoms with Crippen LogP contribution < -0.4 is 0 Å². The largest absolute Gasteiger partial charge is 0.383 e. The predicted molar refractivity (Wildman–Crippen MR) is 98.4 cm³/mol. The second kappa shape index (κ2) is 8.96. The van der Waals surface area contributed by atoms with E-state index in [1.165, 1.54) is 0 Å². The molecule has 2 amide bonds. The van der Waals surface area contributed by atoms with Gasteiger partial charge in [-0.3, -0.25) is 9.59 Å². The first-order valence-corrected chi connectivity index (χ1v) is 9.11. The number of ether oxygens (including phenoxy) is 2. The number of carbonyl (C=O) groups is 2. The second-order valence-corrected chi connectivity index (χ2v) is 6.64. The van der Waals surface area contributed by atoms with E-state index >= 15 is 0 Å². The van der Waals surface area contributed by atoms with E-state index in [2.05, 4.69) is 0 Å². The Labute approximate surface area is 154 Å². The Hall–Kier alpha value is -2.18. The van der Waals surface area contributed by atoms with Crippen LogP contribution in [0.3, 0.4) is 0 Å². The number of morpholine rings is 1. The molecule has 26 heavy (non-hydrogen) atoms. The number of benzene rings is 1. The van der Waals surface area contributed by atoms with Crippen molar-refractivity contribution in [3.63, 3.8) is 0 Å². The van der Waals surface area contributed by atoms with E-state index < -0.39 is 0 Å². The molecule has 0 bridgehead atoms. The summed E-state index contributed by atoms with van der Waals surface area (Å²) in [5.41, 5.74) is 1.00. The van der Waals surface area contributed by atoms with Gasteiger partial charge in [0.25, 0.3) is 0 Å². The standard InChI is InChI=1S/C20H26N2O4/c1-25-14-13-22-17-9-11-21(12-10-18(17)26-15-20(22)24)19(23)8-7-16-5-3-2-4-6-16/h2-8,17-18H,9-15H2,1H3/b8-7+/t17-,18-/m0/s1. The topological polar surface area (TPSA) is 59.1 Å². The molecule has 2 atom stereocenters. The molecule has 0 spiro atoms. The SMILES string of the molecule is COCCN1C(=O)CO[C@H]2CCN(C(=O)/C=C/c3ccccc3)CC[C@@H]21. The van der Waals surface area contributed by atoms with Gasteiger partial charge in [-0.2, -0.15) is 0 Å². The predicted octanol–water partition coefficient (Wildman–Crippen LogP) is 1.56. The summed E-state index contributed by atoms with van der Waals surface area (Å²) in [5, 5.41) is 0. The zero-order valence-corrected chi connectivity index (χ0v) is 15.2. The van der Waals surface area contributed by atoms with E-state index in [-0.39, 0.29) is 30.6 Å². The Morgan fingerprint density at radius 3 is 2.81 bits per heavy atom. The average Bonchev–Trinajstić information content (AvgIpc) is 2.89. The molecule has 0 aromatic heterocycles. The number of fused-ring (bicyclic) bond motifs is 1. The maximum Gasteiger partial charge on any atom is 0.249 e. The number of nitrogens with zero attached hydrogens (tertiary/aromatic N) is 2. The molecule has 0 saturated carbocycles. The minimum Gasteiger partial charge on any atom is -0.383 e. The van der Waals surface area contributed by atoms with Gasteiger partial charge in [-0.15, -0.1) is 0 Å². The molecule has 3 rings (SSSR count). The van der Waals surface area contributed by atoms with Crippen LogP contribution in [0.25, 0.3) is 6.08 Å². The summed E-state index contributed by atoms with van der Waals surface area (Å²) in [7, 11) is 1.63. The number of methoxy groups -OCH3 is 1. The summed E-state index contributed by atoms with van der Waals surface area (Å²) in [5.74, 6) is 0.00863.